The molecule has 2 amide bonds. The molecule has 120 valence electrons. The van der Waals surface area contributed by atoms with Crippen molar-refractivity contribution in [2.24, 2.45) is 0 Å². The van der Waals surface area contributed by atoms with Crippen LogP contribution in [0.3, 0.4) is 0 Å². The molecule has 0 radical (unpaired) electrons. The van der Waals surface area contributed by atoms with E-state index in [0.717, 1.165) is 11.1 Å². The summed E-state index contributed by atoms with van der Waals surface area (Å²) in [6.07, 6.45) is 0.555. The van der Waals surface area contributed by atoms with Crippen molar-refractivity contribution in [2.45, 2.75) is 58.2 Å². The van der Waals surface area contributed by atoms with Crippen LogP contribution in [0.4, 0.5) is 4.79 Å². The first-order chi connectivity index (χ1) is 10.3. The van der Waals surface area contributed by atoms with Crippen molar-refractivity contribution in [1.82, 2.24) is 10.6 Å². The highest BCUT2D eigenvalue weighted by molar-refractivity contribution is 5.78. The Kier molecular flexibility index (Phi) is 4.74. The number of alkyl carbamates (subject to hydrolysis) is 1. The highest BCUT2D eigenvalue weighted by Gasteiger charge is 2.32. The minimum atomic E-state index is -0.542. The predicted molar refractivity (Wildman–Crippen MR) is 84.5 cm³/mol. The molecule has 0 saturated carbocycles. The van der Waals surface area contributed by atoms with Crippen LogP contribution in [0.2, 0.25) is 0 Å². The van der Waals surface area contributed by atoms with E-state index in [1.807, 2.05) is 52.0 Å². The topological polar surface area (TPSA) is 67.4 Å². The summed E-state index contributed by atoms with van der Waals surface area (Å²) in [4.78, 5) is 23.8. The lowest BCUT2D eigenvalue weighted by molar-refractivity contribution is -0.124. The second-order valence-electron chi connectivity index (χ2n) is 6.69. The van der Waals surface area contributed by atoms with Crippen LogP contribution in [-0.4, -0.2) is 23.6 Å². The van der Waals surface area contributed by atoms with Gasteiger partial charge in [0.25, 0.3) is 0 Å². The van der Waals surface area contributed by atoms with Crippen LogP contribution in [0.1, 0.15) is 50.8 Å². The average Bonchev–Trinajstić information content (AvgIpc) is 2.39. The van der Waals surface area contributed by atoms with E-state index in [2.05, 4.69) is 10.6 Å². The van der Waals surface area contributed by atoms with E-state index < -0.39 is 11.7 Å². The average molecular weight is 304 g/mol. The van der Waals surface area contributed by atoms with Gasteiger partial charge in [-0.2, -0.15) is 0 Å². The first-order valence-electron chi connectivity index (χ1n) is 7.61. The van der Waals surface area contributed by atoms with E-state index in [1.54, 1.807) is 0 Å². The Morgan fingerprint density at radius 2 is 2.00 bits per heavy atom. The van der Waals surface area contributed by atoms with Crippen LogP contribution in [0.5, 0.6) is 0 Å². The number of piperidine rings is 1. The molecule has 2 N–H and O–H groups in total. The molecular formula is C17H24N2O3. The van der Waals surface area contributed by atoms with Crippen molar-refractivity contribution in [3.05, 3.63) is 35.4 Å². The van der Waals surface area contributed by atoms with E-state index in [9.17, 15) is 9.59 Å². The van der Waals surface area contributed by atoms with Crippen LogP contribution < -0.4 is 10.6 Å². The molecule has 5 nitrogen and oxygen atoms in total. The maximum atomic E-state index is 12.0. The summed E-state index contributed by atoms with van der Waals surface area (Å²) in [5.41, 5.74) is 1.57. The van der Waals surface area contributed by atoms with Gasteiger partial charge in [0.05, 0.1) is 12.1 Å². The minimum Gasteiger partial charge on any atom is -0.444 e. The number of amides is 2. The number of nitrogens with one attached hydrogen (secondary N) is 2. The third kappa shape index (κ3) is 4.23. The number of hydrogen-bond acceptors (Lipinski definition) is 3. The van der Waals surface area contributed by atoms with Gasteiger partial charge in [-0.3, -0.25) is 4.79 Å². The SMILES string of the molecule is Cc1ccccc1C1NC(=O)CCC1NC(=O)OC(C)(C)C. The van der Waals surface area contributed by atoms with Crippen molar-refractivity contribution in [1.29, 1.82) is 0 Å². The Balaban J connectivity index is 2.16. The van der Waals surface area contributed by atoms with Crippen LogP contribution in [0.25, 0.3) is 0 Å². The zero-order chi connectivity index (χ0) is 16.3. The summed E-state index contributed by atoms with van der Waals surface area (Å²) >= 11 is 0. The largest absolute Gasteiger partial charge is 0.444 e. The number of aryl methyl sites for hydroxylation is 1. The smallest absolute Gasteiger partial charge is 0.407 e. The fraction of sp³-hybridized carbons (Fsp3) is 0.529. The molecule has 0 bridgehead atoms. The lowest BCUT2D eigenvalue weighted by Crippen LogP contribution is -2.51. The van der Waals surface area contributed by atoms with Crippen LogP contribution in [-0.2, 0) is 9.53 Å². The summed E-state index contributed by atoms with van der Waals surface area (Å²) in [6, 6.07) is 7.48. The Labute approximate surface area is 131 Å². The van der Waals surface area contributed by atoms with Crippen molar-refractivity contribution < 1.29 is 14.3 Å². The number of carbonyl (C=O) groups excluding carboxylic acids is 2. The molecule has 1 aromatic rings. The second-order valence-corrected chi connectivity index (χ2v) is 6.69. The van der Waals surface area contributed by atoms with E-state index in [-0.39, 0.29) is 18.0 Å². The van der Waals surface area contributed by atoms with E-state index in [1.165, 1.54) is 0 Å². The van der Waals surface area contributed by atoms with Crippen molar-refractivity contribution in [3.8, 4) is 0 Å². The van der Waals surface area contributed by atoms with Gasteiger partial charge in [0.15, 0.2) is 0 Å². The Morgan fingerprint density at radius 1 is 1.32 bits per heavy atom. The van der Waals surface area contributed by atoms with Crippen molar-refractivity contribution >= 4 is 12.0 Å². The van der Waals surface area contributed by atoms with Gasteiger partial charge in [-0.1, -0.05) is 24.3 Å². The summed E-state index contributed by atoms with van der Waals surface area (Å²) in [6.45, 7) is 7.48. The lowest BCUT2D eigenvalue weighted by atomic mass is 9.89. The molecule has 1 aliphatic rings. The second kappa shape index (κ2) is 6.38. The van der Waals surface area contributed by atoms with Gasteiger partial charge >= 0.3 is 6.09 Å². The number of ether oxygens (including phenoxy) is 1. The van der Waals surface area contributed by atoms with E-state index in [0.29, 0.717) is 12.8 Å². The molecule has 1 saturated heterocycles. The summed E-state index contributed by atoms with van der Waals surface area (Å²) in [5.74, 6) is 0.00971. The van der Waals surface area contributed by atoms with E-state index >= 15 is 0 Å². The fourth-order valence-corrected chi connectivity index (χ4v) is 2.64. The third-order valence-corrected chi connectivity index (χ3v) is 3.63. The Bertz CT molecular complexity index is 563. The third-order valence-electron chi connectivity index (χ3n) is 3.63. The zero-order valence-electron chi connectivity index (χ0n) is 13.6. The highest BCUT2D eigenvalue weighted by Crippen LogP contribution is 2.26. The van der Waals surface area contributed by atoms with Crippen LogP contribution in [0.15, 0.2) is 24.3 Å². The summed E-state index contributed by atoms with van der Waals surface area (Å²) < 4.78 is 5.32. The molecular weight excluding hydrogens is 280 g/mol. The van der Waals surface area contributed by atoms with Gasteiger partial charge in [0.1, 0.15) is 5.60 Å². The number of benzene rings is 1. The molecule has 2 atom stereocenters. The Morgan fingerprint density at radius 3 is 2.64 bits per heavy atom. The zero-order valence-corrected chi connectivity index (χ0v) is 13.6. The summed E-state index contributed by atoms with van der Waals surface area (Å²) in [5, 5.41) is 5.88. The fourth-order valence-electron chi connectivity index (χ4n) is 2.64. The maximum absolute atomic E-state index is 12.0. The van der Waals surface area contributed by atoms with Crippen LogP contribution >= 0.6 is 0 Å². The first kappa shape index (κ1) is 16.3. The van der Waals surface area contributed by atoms with Gasteiger partial charge in [-0.25, -0.2) is 4.79 Å². The standard InChI is InChI=1S/C17H24N2O3/c1-11-7-5-6-8-12(11)15-13(9-10-14(20)19-15)18-16(21)22-17(2,3)4/h5-8,13,15H,9-10H2,1-4H3,(H,18,21)(H,19,20). The quantitative estimate of drug-likeness (QED) is 0.883. The molecule has 0 spiro atoms. The van der Waals surface area contributed by atoms with Crippen molar-refractivity contribution in [2.75, 3.05) is 0 Å². The number of rotatable bonds is 2. The van der Waals surface area contributed by atoms with Gasteiger partial charge in [0, 0.05) is 6.42 Å². The molecule has 2 unspecified atom stereocenters. The monoisotopic (exact) mass is 304 g/mol. The molecule has 5 heteroatoms. The van der Waals surface area contributed by atoms with Gasteiger partial charge < -0.3 is 15.4 Å². The number of hydrogen-bond donors (Lipinski definition) is 2. The minimum absolute atomic E-state index is 0.00971. The van der Waals surface area contributed by atoms with Gasteiger partial charge in [0.2, 0.25) is 5.91 Å². The number of carbonyl (C=O) groups is 2. The molecule has 1 fully saturated rings. The van der Waals surface area contributed by atoms with Gasteiger partial charge in [-0.15, -0.1) is 0 Å². The van der Waals surface area contributed by atoms with E-state index in [4.69, 9.17) is 4.74 Å². The first-order valence-corrected chi connectivity index (χ1v) is 7.61. The highest BCUT2D eigenvalue weighted by atomic mass is 16.6. The molecule has 2 rings (SSSR count). The lowest BCUT2D eigenvalue weighted by Gasteiger charge is -2.34. The normalized spacial score (nSPS) is 21.9. The molecule has 0 aliphatic carbocycles. The predicted octanol–water partition coefficient (Wildman–Crippen LogP) is 2.84. The molecule has 0 aromatic heterocycles. The molecule has 1 heterocycles. The Hall–Kier alpha value is -2.04. The molecule has 1 aliphatic heterocycles. The molecule has 22 heavy (non-hydrogen) atoms. The van der Waals surface area contributed by atoms with Gasteiger partial charge in [-0.05, 0) is 45.2 Å². The van der Waals surface area contributed by atoms with Crippen LogP contribution in [0, 0.1) is 6.92 Å². The summed E-state index contributed by atoms with van der Waals surface area (Å²) in [7, 11) is 0. The van der Waals surface area contributed by atoms with Crippen molar-refractivity contribution in [3.63, 3.8) is 0 Å². The molecule has 1 aromatic carbocycles. The maximum Gasteiger partial charge on any atom is 0.407 e.